The lowest BCUT2D eigenvalue weighted by Crippen LogP contribution is -2.30. The highest BCUT2D eigenvalue weighted by Crippen LogP contribution is 2.20. The molecule has 2 N–H and O–H groups in total. The topological polar surface area (TPSA) is 63.4 Å². The molecule has 1 saturated heterocycles. The molecule has 1 heterocycles. The number of halogens is 2. The van der Waals surface area contributed by atoms with Gasteiger partial charge >= 0.3 is 0 Å². The number of amides is 2. The first-order chi connectivity index (χ1) is 9.45. The third-order valence-corrected chi connectivity index (χ3v) is 3.64. The Hall–Kier alpha value is -1.52. The zero-order chi connectivity index (χ0) is 14.7. The molecule has 0 radical (unpaired) electrons. The average molecular weight is 313 g/mol. The summed E-state index contributed by atoms with van der Waals surface area (Å²) < 4.78 is 0. The number of primary amides is 1. The molecule has 1 aliphatic heterocycles. The number of carbonyl (C=O) groups excluding carboxylic acids is 2. The van der Waals surface area contributed by atoms with Crippen LogP contribution in [0.4, 0.5) is 0 Å². The van der Waals surface area contributed by atoms with E-state index in [1.807, 2.05) is 0 Å². The number of carbonyl (C=O) groups is 2. The van der Waals surface area contributed by atoms with Gasteiger partial charge in [-0.3, -0.25) is 9.59 Å². The largest absolute Gasteiger partial charge is 0.369 e. The van der Waals surface area contributed by atoms with E-state index < -0.39 is 0 Å². The van der Waals surface area contributed by atoms with Crippen LogP contribution >= 0.6 is 23.2 Å². The smallest absolute Gasteiger partial charge is 0.246 e. The number of likely N-dealkylation sites (tertiary alicyclic amines) is 1. The van der Waals surface area contributed by atoms with Crippen molar-refractivity contribution in [3.63, 3.8) is 0 Å². The molecule has 20 heavy (non-hydrogen) atoms. The third kappa shape index (κ3) is 3.74. The Labute approximate surface area is 127 Å². The fourth-order valence-corrected chi connectivity index (χ4v) is 2.68. The van der Waals surface area contributed by atoms with Gasteiger partial charge in [-0.05, 0) is 36.3 Å². The molecule has 0 spiro atoms. The van der Waals surface area contributed by atoms with E-state index in [0.29, 0.717) is 29.6 Å². The lowest BCUT2D eigenvalue weighted by molar-refractivity contribution is -0.125. The number of nitrogens with two attached hydrogens (primary N) is 1. The molecule has 0 bridgehead atoms. The summed E-state index contributed by atoms with van der Waals surface area (Å²) >= 11 is 11.8. The Balaban J connectivity index is 2.01. The van der Waals surface area contributed by atoms with Crippen molar-refractivity contribution in [2.24, 2.45) is 11.7 Å². The highest BCUT2D eigenvalue weighted by atomic mass is 35.5. The van der Waals surface area contributed by atoms with Gasteiger partial charge in [0, 0.05) is 29.2 Å². The summed E-state index contributed by atoms with van der Waals surface area (Å²) in [4.78, 5) is 24.6. The molecule has 1 fully saturated rings. The highest BCUT2D eigenvalue weighted by molar-refractivity contribution is 6.34. The van der Waals surface area contributed by atoms with Crippen molar-refractivity contribution in [1.82, 2.24) is 4.90 Å². The minimum Gasteiger partial charge on any atom is -0.369 e. The summed E-state index contributed by atoms with van der Waals surface area (Å²) in [5, 5.41) is 1.03. The fraction of sp³-hybridized carbons (Fsp3) is 0.286. The predicted molar refractivity (Wildman–Crippen MR) is 79.4 cm³/mol. The number of rotatable bonds is 3. The van der Waals surface area contributed by atoms with E-state index in [0.717, 1.165) is 5.56 Å². The van der Waals surface area contributed by atoms with Gasteiger partial charge in [0.2, 0.25) is 11.8 Å². The van der Waals surface area contributed by atoms with Gasteiger partial charge in [0.05, 0.1) is 5.92 Å². The van der Waals surface area contributed by atoms with Crippen LogP contribution in [0.15, 0.2) is 24.3 Å². The van der Waals surface area contributed by atoms with Crippen LogP contribution in [0.5, 0.6) is 0 Å². The van der Waals surface area contributed by atoms with Crippen LogP contribution in [0.3, 0.4) is 0 Å². The summed E-state index contributed by atoms with van der Waals surface area (Å²) in [6.45, 7) is 0.932. The van der Waals surface area contributed by atoms with E-state index in [-0.39, 0.29) is 17.7 Å². The molecule has 4 nitrogen and oxygen atoms in total. The van der Waals surface area contributed by atoms with Crippen LogP contribution in [-0.4, -0.2) is 29.8 Å². The maximum absolute atomic E-state index is 12.0. The van der Waals surface area contributed by atoms with Gasteiger partial charge in [-0.2, -0.15) is 0 Å². The quantitative estimate of drug-likeness (QED) is 0.871. The van der Waals surface area contributed by atoms with E-state index in [1.165, 1.54) is 6.08 Å². The zero-order valence-electron chi connectivity index (χ0n) is 10.7. The van der Waals surface area contributed by atoms with E-state index in [4.69, 9.17) is 28.9 Å². The summed E-state index contributed by atoms with van der Waals surface area (Å²) in [5.74, 6) is -0.747. The molecule has 0 saturated carbocycles. The van der Waals surface area contributed by atoms with Crippen molar-refractivity contribution in [1.29, 1.82) is 0 Å². The number of hydrogen-bond donors (Lipinski definition) is 1. The molecule has 2 rings (SSSR count). The molecule has 1 aliphatic rings. The van der Waals surface area contributed by atoms with Gasteiger partial charge in [0.25, 0.3) is 0 Å². The Morgan fingerprint density at radius 2 is 1.90 bits per heavy atom. The van der Waals surface area contributed by atoms with Gasteiger partial charge in [-0.1, -0.05) is 23.2 Å². The maximum Gasteiger partial charge on any atom is 0.246 e. The van der Waals surface area contributed by atoms with Crippen molar-refractivity contribution >= 4 is 41.1 Å². The van der Waals surface area contributed by atoms with Gasteiger partial charge in [-0.25, -0.2) is 0 Å². The van der Waals surface area contributed by atoms with Crippen LogP contribution in [0.1, 0.15) is 12.0 Å². The standard InChI is InChI=1S/C14H14Cl2N2O2/c15-11-5-9(6-12(16)7-11)1-2-13(19)18-4-3-10(8-18)14(17)20/h1-2,5-7,10H,3-4,8H2,(H2,17,20)/b2-1+/t10-/m0/s1. The van der Waals surface area contributed by atoms with E-state index in [1.54, 1.807) is 29.2 Å². The second-order valence-corrected chi connectivity index (χ2v) is 5.58. The third-order valence-electron chi connectivity index (χ3n) is 3.21. The zero-order valence-corrected chi connectivity index (χ0v) is 12.2. The lowest BCUT2D eigenvalue weighted by atomic mass is 10.1. The molecule has 0 aromatic heterocycles. The lowest BCUT2D eigenvalue weighted by Gasteiger charge is -2.13. The molecule has 106 valence electrons. The summed E-state index contributed by atoms with van der Waals surface area (Å²) in [6, 6.07) is 5.06. The van der Waals surface area contributed by atoms with Crippen molar-refractivity contribution in [3.8, 4) is 0 Å². The van der Waals surface area contributed by atoms with Gasteiger partial charge < -0.3 is 10.6 Å². The first-order valence-electron chi connectivity index (χ1n) is 6.18. The molecule has 1 aromatic rings. The van der Waals surface area contributed by atoms with E-state index in [2.05, 4.69) is 0 Å². The maximum atomic E-state index is 12.0. The average Bonchev–Trinajstić information content (AvgIpc) is 2.84. The molecular weight excluding hydrogens is 299 g/mol. The van der Waals surface area contributed by atoms with Gasteiger partial charge in [0.1, 0.15) is 0 Å². The Morgan fingerprint density at radius 1 is 1.25 bits per heavy atom. The number of hydrogen-bond acceptors (Lipinski definition) is 2. The predicted octanol–water partition coefficient (Wildman–Crippen LogP) is 2.34. The van der Waals surface area contributed by atoms with Gasteiger partial charge in [0.15, 0.2) is 0 Å². The molecular formula is C14H14Cl2N2O2. The van der Waals surface area contributed by atoms with Crippen molar-refractivity contribution in [2.45, 2.75) is 6.42 Å². The molecule has 6 heteroatoms. The Bertz CT molecular complexity index is 552. The Kier molecular flexibility index (Phi) is 4.68. The molecule has 2 amide bonds. The molecule has 1 atom stereocenters. The second-order valence-electron chi connectivity index (χ2n) is 4.71. The molecule has 0 aliphatic carbocycles. The summed E-state index contributed by atoms with van der Waals surface area (Å²) in [6.07, 6.45) is 3.72. The summed E-state index contributed by atoms with van der Waals surface area (Å²) in [7, 11) is 0. The van der Waals surface area contributed by atoms with E-state index >= 15 is 0 Å². The second kappa shape index (κ2) is 6.29. The first-order valence-corrected chi connectivity index (χ1v) is 6.93. The van der Waals surface area contributed by atoms with Crippen molar-refractivity contribution in [2.75, 3.05) is 13.1 Å². The minimum atomic E-state index is -0.356. The van der Waals surface area contributed by atoms with Crippen LogP contribution in [0, 0.1) is 5.92 Å². The summed E-state index contributed by atoms with van der Waals surface area (Å²) in [5.41, 5.74) is 5.99. The first kappa shape index (κ1) is 14.9. The minimum absolute atomic E-state index is 0.148. The number of nitrogens with zero attached hydrogens (tertiary/aromatic N) is 1. The SMILES string of the molecule is NC(=O)[C@H]1CCN(C(=O)/C=C/c2cc(Cl)cc(Cl)c2)C1. The fourth-order valence-electron chi connectivity index (χ4n) is 2.14. The molecule has 1 aromatic carbocycles. The normalized spacial score (nSPS) is 18.7. The molecule has 0 unspecified atom stereocenters. The van der Waals surface area contributed by atoms with Crippen LogP contribution < -0.4 is 5.73 Å². The van der Waals surface area contributed by atoms with E-state index in [9.17, 15) is 9.59 Å². The highest BCUT2D eigenvalue weighted by Gasteiger charge is 2.28. The van der Waals surface area contributed by atoms with Gasteiger partial charge in [-0.15, -0.1) is 0 Å². The van der Waals surface area contributed by atoms with Crippen molar-refractivity contribution in [3.05, 3.63) is 39.9 Å². The van der Waals surface area contributed by atoms with Crippen LogP contribution in [0.2, 0.25) is 10.0 Å². The Morgan fingerprint density at radius 3 is 2.45 bits per heavy atom. The monoisotopic (exact) mass is 312 g/mol. The number of benzene rings is 1. The van der Waals surface area contributed by atoms with Crippen molar-refractivity contribution < 1.29 is 9.59 Å². The van der Waals surface area contributed by atoms with Crippen LogP contribution in [-0.2, 0) is 9.59 Å². The van der Waals surface area contributed by atoms with Crippen LogP contribution in [0.25, 0.3) is 6.08 Å².